The molecule has 140 valence electrons. The Morgan fingerprint density at radius 1 is 0.893 bits per heavy atom. The van der Waals surface area contributed by atoms with Crippen LogP contribution < -0.4 is 9.80 Å². The summed E-state index contributed by atoms with van der Waals surface area (Å²) in [4.78, 5) is 29.7. The lowest BCUT2D eigenvalue weighted by Crippen LogP contribution is -2.54. The fourth-order valence-electron chi connectivity index (χ4n) is 3.52. The van der Waals surface area contributed by atoms with Crippen LogP contribution in [0.15, 0.2) is 78.9 Å². The van der Waals surface area contributed by atoms with Gasteiger partial charge in [0.1, 0.15) is 6.04 Å². The van der Waals surface area contributed by atoms with E-state index in [-0.39, 0.29) is 11.8 Å². The fraction of sp³-hybridized carbons (Fsp3) is 0.130. The molecule has 0 N–H and O–H groups in total. The molecule has 4 rings (SSSR count). The quantitative estimate of drug-likeness (QED) is 0.636. The zero-order chi connectivity index (χ0) is 19.7. The van der Waals surface area contributed by atoms with Gasteiger partial charge >= 0.3 is 0 Å². The van der Waals surface area contributed by atoms with Crippen LogP contribution in [0, 0.1) is 0 Å². The van der Waals surface area contributed by atoms with E-state index in [1.165, 1.54) is 0 Å². The highest BCUT2D eigenvalue weighted by Gasteiger charge is 2.38. The van der Waals surface area contributed by atoms with E-state index in [0.717, 1.165) is 11.3 Å². The molecule has 0 unspecified atom stereocenters. The van der Waals surface area contributed by atoms with Gasteiger partial charge in [-0.1, -0.05) is 60.1 Å². The van der Waals surface area contributed by atoms with Crippen LogP contribution in [0.25, 0.3) is 0 Å². The molecule has 0 fully saturated rings. The van der Waals surface area contributed by atoms with E-state index < -0.39 is 6.04 Å². The Balaban J connectivity index is 1.77. The third kappa shape index (κ3) is 3.16. The van der Waals surface area contributed by atoms with Gasteiger partial charge in [0.25, 0.3) is 5.91 Å². The third-order valence-corrected chi connectivity index (χ3v) is 5.34. The average molecular weight is 391 g/mol. The molecule has 1 aliphatic heterocycles. The lowest BCUT2D eigenvalue weighted by atomic mass is 10.0. The van der Waals surface area contributed by atoms with Crippen molar-refractivity contribution in [3.05, 3.63) is 95.0 Å². The molecule has 3 aromatic rings. The first-order valence-corrected chi connectivity index (χ1v) is 9.48. The maximum atomic E-state index is 13.2. The van der Waals surface area contributed by atoms with E-state index in [2.05, 4.69) is 0 Å². The highest BCUT2D eigenvalue weighted by atomic mass is 35.5. The number of benzene rings is 3. The van der Waals surface area contributed by atoms with Crippen molar-refractivity contribution >= 4 is 34.8 Å². The minimum atomic E-state index is -0.620. The summed E-state index contributed by atoms with van der Waals surface area (Å²) in [5, 5.41) is 0.614. The van der Waals surface area contributed by atoms with Gasteiger partial charge in [-0.15, -0.1) is 0 Å². The van der Waals surface area contributed by atoms with Crippen LogP contribution in [-0.4, -0.2) is 17.9 Å². The predicted octanol–water partition coefficient (Wildman–Crippen LogP) is 4.92. The molecule has 0 bridgehead atoms. The summed E-state index contributed by atoms with van der Waals surface area (Å²) in [5.74, 6) is -0.325. The smallest absolute Gasteiger partial charge is 0.259 e. The summed E-state index contributed by atoms with van der Waals surface area (Å²) < 4.78 is 0. The molecular weight excluding hydrogens is 372 g/mol. The summed E-state index contributed by atoms with van der Waals surface area (Å²) in [6.45, 7) is 2.12. The standard InChI is InChI=1S/C23H19ClN2O2/c1-16-22(27)25(15-18-11-5-6-12-19(18)24)20-13-7-8-14-21(20)26(16)23(28)17-9-3-2-4-10-17/h2-14,16H,15H2,1H3/t16-/m0/s1. The molecular formula is C23H19ClN2O2. The number of fused-ring (bicyclic) bond motifs is 1. The molecule has 5 heteroatoms. The normalized spacial score (nSPS) is 16.1. The molecule has 1 aliphatic rings. The van der Waals surface area contributed by atoms with E-state index >= 15 is 0 Å². The third-order valence-electron chi connectivity index (χ3n) is 4.97. The van der Waals surface area contributed by atoms with E-state index in [1.807, 2.05) is 66.7 Å². The number of rotatable bonds is 3. The van der Waals surface area contributed by atoms with Crippen LogP contribution in [0.2, 0.25) is 5.02 Å². The van der Waals surface area contributed by atoms with Crippen molar-refractivity contribution in [2.24, 2.45) is 0 Å². The first-order chi connectivity index (χ1) is 13.6. The summed E-state index contributed by atoms with van der Waals surface area (Å²) in [6.07, 6.45) is 0. The number of carbonyl (C=O) groups excluding carboxylic acids is 2. The van der Waals surface area contributed by atoms with Crippen LogP contribution in [0.1, 0.15) is 22.8 Å². The van der Waals surface area contributed by atoms with Gasteiger partial charge in [0.15, 0.2) is 0 Å². The Labute approximate surface area is 169 Å². The summed E-state index contributed by atoms with van der Waals surface area (Å²) in [5.41, 5.74) is 2.84. The lowest BCUT2D eigenvalue weighted by Gasteiger charge is -2.40. The van der Waals surface area contributed by atoms with Gasteiger partial charge in [-0.25, -0.2) is 0 Å². The number of para-hydroxylation sites is 2. The SMILES string of the molecule is C[C@H]1C(=O)N(Cc2ccccc2Cl)c2ccccc2N1C(=O)c1ccccc1. The number of anilines is 2. The van der Waals surface area contributed by atoms with Crippen molar-refractivity contribution in [1.82, 2.24) is 0 Å². The number of hydrogen-bond acceptors (Lipinski definition) is 2. The second-order valence-corrected chi connectivity index (χ2v) is 7.13. The van der Waals surface area contributed by atoms with Crippen molar-refractivity contribution in [3.8, 4) is 0 Å². The number of carbonyl (C=O) groups is 2. The number of hydrogen-bond donors (Lipinski definition) is 0. The van der Waals surface area contributed by atoms with Gasteiger partial charge in [0.2, 0.25) is 5.91 Å². The summed E-state index contributed by atoms with van der Waals surface area (Å²) in [6, 6.07) is 23.4. The highest BCUT2D eigenvalue weighted by molar-refractivity contribution is 6.31. The van der Waals surface area contributed by atoms with Gasteiger partial charge in [0, 0.05) is 10.6 Å². The lowest BCUT2D eigenvalue weighted by molar-refractivity contribution is -0.119. The second kappa shape index (κ2) is 7.49. The van der Waals surface area contributed by atoms with Crippen molar-refractivity contribution in [2.75, 3.05) is 9.80 Å². The minimum Gasteiger partial charge on any atom is -0.304 e. The molecule has 0 aromatic heterocycles. The molecule has 1 atom stereocenters. The molecule has 0 saturated heterocycles. The molecule has 3 aromatic carbocycles. The number of amides is 2. The fourth-order valence-corrected chi connectivity index (χ4v) is 3.72. The molecule has 0 radical (unpaired) electrons. The monoisotopic (exact) mass is 390 g/mol. The molecule has 28 heavy (non-hydrogen) atoms. The molecule has 0 aliphatic carbocycles. The van der Waals surface area contributed by atoms with E-state index in [9.17, 15) is 9.59 Å². The predicted molar refractivity (Wildman–Crippen MR) is 112 cm³/mol. The van der Waals surface area contributed by atoms with Crippen molar-refractivity contribution in [3.63, 3.8) is 0 Å². The topological polar surface area (TPSA) is 40.6 Å². The van der Waals surface area contributed by atoms with Crippen LogP contribution in [0.4, 0.5) is 11.4 Å². The van der Waals surface area contributed by atoms with E-state index in [4.69, 9.17) is 11.6 Å². The van der Waals surface area contributed by atoms with Crippen molar-refractivity contribution in [2.45, 2.75) is 19.5 Å². The van der Waals surface area contributed by atoms with Gasteiger partial charge < -0.3 is 4.90 Å². The molecule has 0 saturated carbocycles. The maximum Gasteiger partial charge on any atom is 0.259 e. The average Bonchev–Trinajstić information content (AvgIpc) is 2.73. The molecule has 4 nitrogen and oxygen atoms in total. The number of halogens is 1. The highest BCUT2D eigenvalue weighted by Crippen LogP contribution is 2.38. The van der Waals surface area contributed by atoms with Crippen LogP contribution in [-0.2, 0) is 11.3 Å². The Morgan fingerprint density at radius 2 is 1.50 bits per heavy atom. The van der Waals surface area contributed by atoms with Crippen molar-refractivity contribution < 1.29 is 9.59 Å². The second-order valence-electron chi connectivity index (χ2n) is 6.72. The zero-order valence-electron chi connectivity index (χ0n) is 15.4. The Bertz CT molecular complexity index is 1040. The summed E-state index contributed by atoms with van der Waals surface area (Å²) >= 11 is 6.31. The minimum absolute atomic E-state index is 0.136. The van der Waals surface area contributed by atoms with Crippen LogP contribution >= 0.6 is 11.6 Å². The molecule has 1 heterocycles. The van der Waals surface area contributed by atoms with Crippen LogP contribution in [0.3, 0.4) is 0 Å². The summed E-state index contributed by atoms with van der Waals surface area (Å²) in [7, 11) is 0. The van der Waals surface area contributed by atoms with Gasteiger partial charge in [-0.05, 0) is 42.8 Å². The van der Waals surface area contributed by atoms with Gasteiger partial charge in [-0.3, -0.25) is 14.5 Å². The zero-order valence-corrected chi connectivity index (χ0v) is 16.1. The van der Waals surface area contributed by atoms with Crippen LogP contribution in [0.5, 0.6) is 0 Å². The van der Waals surface area contributed by atoms with Gasteiger partial charge in [-0.2, -0.15) is 0 Å². The van der Waals surface area contributed by atoms with Gasteiger partial charge in [0.05, 0.1) is 17.9 Å². The van der Waals surface area contributed by atoms with Crippen molar-refractivity contribution in [1.29, 1.82) is 0 Å². The largest absolute Gasteiger partial charge is 0.304 e. The number of nitrogens with zero attached hydrogens (tertiary/aromatic N) is 2. The first-order valence-electron chi connectivity index (χ1n) is 9.10. The Morgan fingerprint density at radius 3 is 2.21 bits per heavy atom. The van der Waals surface area contributed by atoms with E-state index in [0.29, 0.717) is 22.8 Å². The van der Waals surface area contributed by atoms with E-state index in [1.54, 1.807) is 28.9 Å². The Hall–Kier alpha value is -3.11. The first kappa shape index (κ1) is 18.3. The maximum absolute atomic E-state index is 13.2. The molecule has 0 spiro atoms. The molecule has 2 amide bonds. The Kier molecular flexibility index (Phi) is 4.88.